The highest BCUT2D eigenvalue weighted by Gasteiger charge is 2.38. The summed E-state index contributed by atoms with van der Waals surface area (Å²) in [6, 6.07) is 9.27. The number of rotatable bonds is 3. The molecule has 0 radical (unpaired) electrons. The second kappa shape index (κ2) is 7.45. The van der Waals surface area contributed by atoms with Crippen molar-refractivity contribution < 1.29 is 9.59 Å². The molecule has 2 aliphatic heterocycles. The van der Waals surface area contributed by atoms with Crippen LogP contribution in [0.4, 0.5) is 5.82 Å². The predicted octanol–water partition coefficient (Wildman–Crippen LogP) is 2.10. The lowest BCUT2D eigenvalue weighted by molar-refractivity contribution is -0.135. The second-order valence-electron chi connectivity index (χ2n) is 6.63. The van der Waals surface area contributed by atoms with E-state index < -0.39 is 0 Å². The molecule has 0 saturated carbocycles. The average molecular weight is 370 g/mol. The lowest BCUT2D eigenvalue weighted by Crippen LogP contribution is -2.54. The van der Waals surface area contributed by atoms with Gasteiger partial charge in [-0.25, -0.2) is 4.98 Å². The number of hydrogen-bond donors (Lipinski definition) is 0. The number of aromatic nitrogens is 1. The Balaban J connectivity index is 1.39. The van der Waals surface area contributed by atoms with Gasteiger partial charge in [-0.05, 0) is 36.4 Å². The van der Waals surface area contributed by atoms with Crippen LogP contribution in [0.2, 0.25) is 0 Å². The monoisotopic (exact) mass is 370 g/mol. The molecule has 0 unspecified atom stereocenters. The molecule has 2 aromatic heterocycles. The molecule has 26 heavy (non-hydrogen) atoms. The lowest BCUT2D eigenvalue weighted by atomic mass is 10.1. The molecule has 0 aromatic carbocycles. The highest BCUT2D eigenvalue weighted by atomic mass is 32.1. The normalized spacial score (nSPS) is 20.5. The van der Waals surface area contributed by atoms with Gasteiger partial charge in [0.05, 0.1) is 4.88 Å². The largest absolute Gasteiger partial charge is 0.353 e. The van der Waals surface area contributed by atoms with Crippen molar-refractivity contribution in [1.82, 2.24) is 14.8 Å². The van der Waals surface area contributed by atoms with Crippen LogP contribution in [0.3, 0.4) is 0 Å². The van der Waals surface area contributed by atoms with Crippen LogP contribution in [0.15, 0.2) is 41.9 Å². The van der Waals surface area contributed by atoms with E-state index in [9.17, 15) is 9.59 Å². The first-order chi connectivity index (χ1) is 12.7. The van der Waals surface area contributed by atoms with Gasteiger partial charge in [-0.3, -0.25) is 9.59 Å². The van der Waals surface area contributed by atoms with Crippen LogP contribution < -0.4 is 4.90 Å². The Bertz CT molecular complexity index is 757. The number of likely N-dealkylation sites (tertiary alicyclic amines) is 1. The van der Waals surface area contributed by atoms with Gasteiger partial charge in [0.1, 0.15) is 11.9 Å². The molecule has 2 saturated heterocycles. The fraction of sp³-hybridized carbons (Fsp3) is 0.421. The number of nitrogens with zero attached hydrogens (tertiary/aromatic N) is 4. The van der Waals surface area contributed by atoms with Gasteiger partial charge in [-0.15, -0.1) is 11.3 Å². The maximum absolute atomic E-state index is 13.0. The molecule has 4 rings (SSSR count). The minimum atomic E-state index is -0.314. The second-order valence-corrected chi connectivity index (χ2v) is 7.58. The number of thiophene rings is 1. The van der Waals surface area contributed by atoms with E-state index in [-0.39, 0.29) is 17.9 Å². The van der Waals surface area contributed by atoms with Gasteiger partial charge < -0.3 is 14.7 Å². The van der Waals surface area contributed by atoms with Crippen LogP contribution in [0.1, 0.15) is 22.5 Å². The predicted molar refractivity (Wildman–Crippen MR) is 101 cm³/mol. The summed E-state index contributed by atoms with van der Waals surface area (Å²) in [5.41, 5.74) is 0. The highest BCUT2D eigenvalue weighted by molar-refractivity contribution is 7.12. The third-order valence-corrected chi connectivity index (χ3v) is 5.95. The molecule has 1 atom stereocenters. The van der Waals surface area contributed by atoms with Gasteiger partial charge in [0, 0.05) is 38.9 Å². The first-order valence-electron chi connectivity index (χ1n) is 9.03. The number of piperazine rings is 1. The van der Waals surface area contributed by atoms with E-state index >= 15 is 0 Å². The molecule has 2 fully saturated rings. The van der Waals surface area contributed by atoms with Gasteiger partial charge in [-0.1, -0.05) is 12.1 Å². The minimum absolute atomic E-state index is 0.0111. The van der Waals surface area contributed by atoms with E-state index in [1.54, 1.807) is 11.1 Å². The smallest absolute Gasteiger partial charge is 0.264 e. The summed E-state index contributed by atoms with van der Waals surface area (Å²) in [6.07, 6.45) is 3.44. The summed E-state index contributed by atoms with van der Waals surface area (Å²) in [7, 11) is 0. The van der Waals surface area contributed by atoms with Crippen molar-refractivity contribution in [3.63, 3.8) is 0 Å². The highest BCUT2D eigenvalue weighted by Crippen LogP contribution is 2.24. The topological polar surface area (TPSA) is 56.8 Å². The van der Waals surface area contributed by atoms with Crippen LogP contribution in [-0.2, 0) is 4.79 Å². The van der Waals surface area contributed by atoms with E-state index in [1.807, 2.05) is 40.6 Å². The first-order valence-corrected chi connectivity index (χ1v) is 9.91. The third kappa shape index (κ3) is 3.31. The zero-order valence-corrected chi connectivity index (χ0v) is 15.4. The molecule has 6 nitrogen and oxygen atoms in total. The number of anilines is 1. The molecule has 4 heterocycles. The lowest BCUT2D eigenvalue weighted by Gasteiger charge is -2.37. The maximum Gasteiger partial charge on any atom is 0.264 e. The Morgan fingerprint density at radius 1 is 1.04 bits per heavy atom. The van der Waals surface area contributed by atoms with E-state index in [2.05, 4.69) is 9.88 Å². The molecule has 136 valence electrons. The van der Waals surface area contributed by atoms with Crippen LogP contribution >= 0.6 is 11.3 Å². The number of amides is 2. The van der Waals surface area contributed by atoms with Crippen LogP contribution in [-0.4, -0.2) is 65.4 Å². The molecular formula is C19H22N4O2S. The fourth-order valence-electron chi connectivity index (χ4n) is 3.72. The summed E-state index contributed by atoms with van der Waals surface area (Å²) in [4.78, 5) is 36.7. The third-order valence-electron chi connectivity index (χ3n) is 5.10. The molecular weight excluding hydrogens is 348 g/mol. The Morgan fingerprint density at radius 3 is 2.58 bits per heavy atom. The molecule has 2 aromatic rings. The van der Waals surface area contributed by atoms with Crippen molar-refractivity contribution in [3.05, 3.63) is 46.8 Å². The van der Waals surface area contributed by atoms with Crippen LogP contribution in [0.25, 0.3) is 0 Å². The van der Waals surface area contributed by atoms with E-state index in [4.69, 9.17) is 0 Å². The van der Waals surface area contributed by atoms with E-state index in [0.717, 1.165) is 31.7 Å². The molecule has 2 amide bonds. The maximum atomic E-state index is 13.0. The molecule has 0 aliphatic carbocycles. The molecule has 7 heteroatoms. The molecule has 2 aliphatic rings. The SMILES string of the molecule is O=C([C@H]1CCCN1C(=O)c1cccs1)N1CCN(c2ccccn2)CC1. The number of carbonyl (C=O) groups is 2. The van der Waals surface area contributed by atoms with E-state index in [1.165, 1.54) is 11.3 Å². The molecule has 0 spiro atoms. The quantitative estimate of drug-likeness (QED) is 0.830. The van der Waals surface area contributed by atoms with Crippen molar-refractivity contribution in [2.24, 2.45) is 0 Å². The van der Waals surface area contributed by atoms with Gasteiger partial charge >= 0.3 is 0 Å². The summed E-state index contributed by atoms with van der Waals surface area (Å²) >= 11 is 1.44. The van der Waals surface area contributed by atoms with Gasteiger partial charge in [0.15, 0.2) is 0 Å². The van der Waals surface area contributed by atoms with Crippen molar-refractivity contribution in [2.45, 2.75) is 18.9 Å². The Labute approximate surface area is 157 Å². The van der Waals surface area contributed by atoms with Crippen LogP contribution in [0, 0.1) is 0 Å². The summed E-state index contributed by atoms with van der Waals surface area (Å²) in [5, 5.41) is 1.90. The number of pyridine rings is 1. The summed E-state index contributed by atoms with van der Waals surface area (Å²) in [5.74, 6) is 1.03. The average Bonchev–Trinajstić information content (AvgIpc) is 3.40. The molecule has 0 bridgehead atoms. The number of hydrogen-bond acceptors (Lipinski definition) is 5. The van der Waals surface area contributed by atoms with Crippen molar-refractivity contribution >= 4 is 29.0 Å². The summed E-state index contributed by atoms with van der Waals surface area (Å²) < 4.78 is 0. The van der Waals surface area contributed by atoms with Crippen molar-refractivity contribution in [2.75, 3.05) is 37.6 Å². The molecule has 0 N–H and O–H groups in total. The van der Waals surface area contributed by atoms with Crippen molar-refractivity contribution in [3.8, 4) is 0 Å². The van der Waals surface area contributed by atoms with E-state index in [0.29, 0.717) is 24.5 Å². The van der Waals surface area contributed by atoms with Crippen molar-refractivity contribution in [1.29, 1.82) is 0 Å². The van der Waals surface area contributed by atoms with Gasteiger partial charge in [0.25, 0.3) is 5.91 Å². The zero-order chi connectivity index (χ0) is 17.9. The fourth-order valence-corrected chi connectivity index (χ4v) is 4.39. The zero-order valence-electron chi connectivity index (χ0n) is 14.6. The van der Waals surface area contributed by atoms with Gasteiger partial charge in [0.2, 0.25) is 5.91 Å². The minimum Gasteiger partial charge on any atom is -0.353 e. The Morgan fingerprint density at radius 2 is 1.88 bits per heavy atom. The van der Waals surface area contributed by atoms with Gasteiger partial charge in [-0.2, -0.15) is 0 Å². The van der Waals surface area contributed by atoms with Crippen LogP contribution in [0.5, 0.6) is 0 Å². The standard InChI is InChI=1S/C19H22N4O2S/c24-18(15-5-3-9-23(15)19(25)16-6-4-14-26-16)22-12-10-21(11-13-22)17-7-1-2-8-20-17/h1-2,4,6-8,14-15H,3,5,9-13H2/t15-/m1/s1. The Hall–Kier alpha value is -2.41. The Kier molecular flexibility index (Phi) is 4.88. The number of carbonyl (C=O) groups excluding carboxylic acids is 2. The summed E-state index contributed by atoms with van der Waals surface area (Å²) in [6.45, 7) is 3.56. The first kappa shape index (κ1) is 17.0.